The Labute approximate surface area is 178 Å². The topological polar surface area (TPSA) is 66.8 Å². The number of aliphatic hydroxyl groups is 1. The number of carbonyl (C=O) groups is 2. The first-order valence-corrected chi connectivity index (χ1v) is 10.5. The molecular weight excluding hydrogens is 378 g/mol. The first-order valence-electron chi connectivity index (χ1n) is 10.5. The van der Waals surface area contributed by atoms with Crippen LogP contribution in [0, 0.1) is 0 Å². The summed E-state index contributed by atoms with van der Waals surface area (Å²) in [5.41, 5.74) is 1.40. The smallest absolute Gasteiger partial charge is 0.295 e. The molecule has 1 amide bonds. The van der Waals surface area contributed by atoms with Crippen LogP contribution >= 0.6 is 0 Å². The van der Waals surface area contributed by atoms with Gasteiger partial charge in [0.05, 0.1) is 17.7 Å². The Kier molecular flexibility index (Phi) is 6.93. The molecule has 1 heterocycles. The summed E-state index contributed by atoms with van der Waals surface area (Å²) in [4.78, 5) is 27.4. The zero-order chi connectivity index (χ0) is 21.7. The Bertz CT molecular complexity index is 933. The fourth-order valence-electron chi connectivity index (χ4n) is 3.77. The van der Waals surface area contributed by atoms with Gasteiger partial charge in [-0.3, -0.25) is 9.59 Å². The van der Waals surface area contributed by atoms with E-state index in [1.807, 2.05) is 44.2 Å². The number of ketones is 1. The van der Waals surface area contributed by atoms with E-state index in [4.69, 9.17) is 4.74 Å². The molecule has 0 radical (unpaired) electrons. The predicted molar refractivity (Wildman–Crippen MR) is 117 cm³/mol. The normalized spacial score (nSPS) is 18.3. The van der Waals surface area contributed by atoms with Crippen molar-refractivity contribution in [1.29, 1.82) is 0 Å². The van der Waals surface area contributed by atoms with E-state index in [1.54, 1.807) is 29.2 Å². The fraction of sp³-hybridized carbons (Fsp3) is 0.360. The molecule has 158 valence electrons. The molecular formula is C25H29NO4. The lowest BCUT2D eigenvalue weighted by atomic mass is 9.95. The van der Waals surface area contributed by atoms with Crippen LogP contribution < -0.4 is 4.74 Å². The van der Waals surface area contributed by atoms with Crippen molar-refractivity contribution in [3.05, 3.63) is 71.3 Å². The third-order valence-corrected chi connectivity index (χ3v) is 5.14. The summed E-state index contributed by atoms with van der Waals surface area (Å²) in [5, 5.41) is 11.0. The standard InChI is InChI=1S/C25H29NO4/c1-4-5-9-15-26-22(19-13-10-14-20(16-19)30-17(2)3)21(24(28)25(26)29)23(27)18-11-7-6-8-12-18/h6-8,10-14,16-17,22,27H,4-5,9,15H2,1-3H3/b23-21-. The largest absolute Gasteiger partial charge is 0.507 e. The Morgan fingerprint density at radius 1 is 1.07 bits per heavy atom. The molecule has 0 bridgehead atoms. The van der Waals surface area contributed by atoms with Gasteiger partial charge in [0.2, 0.25) is 0 Å². The maximum atomic E-state index is 13.0. The first-order chi connectivity index (χ1) is 14.4. The third-order valence-electron chi connectivity index (χ3n) is 5.14. The van der Waals surface area contributed by atoms with E-state index in [9.17, 15) is 14.7 Å². The number of likely N-dealkylation sites (tertiary alicyclic amines) is 1. The van der Waals surface area contributed by atoms with Crippen LogP contribution in [0.5, 0.6) is 5.75 Å². The van der Waals surface area contributed by atoms with Gasteiger partial charge < -0.3 is 14.7 Å². The molecule has 30 heavy (non-hydrogen) atoms. The van der Waals surface area contributed by atoms with Crippen molar-refractivity contribution in [3.63, 3.8) is 0 Å². The van der Waals surface area contributed by atoms with Gasteiger partial charge >= 0.3 is 0 Å². The highest BCUT2D eigenvalue weighted by Gasteiger charge is 2.45. The quantitative estimate of drug-likeness (QED) is 0.287. The summed E-state index contributed by atoms with van der Waals surface area (Å²) in [6.45, 7) is 6.44. The maximum Gasteiger partial charge on any atom is 0.295 e. The van der Waals surface area contributed by atoms with E-state index >= 15 is 0 Å². The number of Topliss-reactive ketones (excluding diaryl/α,β-unsaturated/α-hetero) is 1. The highest BCUT2D eigenvalue weighted by atomic mass is 16.5. The van der Waals surface area contributed by atoms with Crippen molar-refractivity contribution in [2.24, 2.45) is 0 Å². The number of carbonyl (C=O) groups excluding carboxylic acids is 2. The minimum atomic E-state index is -0.645. The number of unbranched alkanes of at least 4 members (excludes halogenated alkanes) is 2. The molecule has 0 aliphatic carbocycles. The average molecular weight is 408 g/mol. The van der Waals surface area contributed by atoms with E-state index in [0.717, 1.165) is 24.8 Å². The molecule has 5 heteroatoms. The van der Waals surface area contributed by atoms with E-state index in [0.29, 0.717) is 17.9 Å². The molecule has 1 fully saturated rings. The lowest BCUT2D eigenvalue weighted by molar-refractivity contribution is -0.139. The summed E-state index contributed by atoms with van der Waals surface area (Å²) in [6.07, 6.45) is 2.77. The molecule has 5 nitrogen and oxygen atoms in total. The van der Waals surface area contributed by atoms with Crippen molar-refractivity contribution >= 4 is 17.4 Å². The number of benzene rings is 2. The zero-order valence-corrected chi connectivity index (χ0v) is 17.8. The van der Waals surface area contributed by atoms with Gasteiger partial charge in [0, 0.05) is 12.1 Å². The van der Waals surface area contributed by atoms with Crippen molar-refractivity contribution in [3.8, 4) is 5.75 Å². The van der Waals surface area contributed by atoms with Crippen molar-refractivity contribution in [2.45, 2.75) is 52.2 Å². The third kappa shape index (κ3) is 4.56. The van der Waals surface area contributed by atoms with Gasteiger partial charge in [-0.25, -0.2) is 0 Å². The second kappa shape index (κ2) is 9.61. The van der Waals surface area contributed by atoms with Crippen LogP contribution in [0.1, 0.15) is 57.2 Å². The lowest BCUT2D eigenvalue weighted by Crippen LogP contribution is -2.30. The van der Waals surface area contributed by atoms with Crippen LogP contribution in [0.25, 0.3) is 5.76 Å². The monoisotopic (exact) mass is 407 g/mol. The van der Waals surface area contributed by atoms with Gasteiger partial charge in [0.25, 0.3) is 11.7 Å². The molecule has 3 rings (SSSR count). The van der Waals surface area contributed by atoms with E-state index in [-0.39, 0.29) is 17.4 Å². The number of hydrogen-bond acceptors (Lipinski definition) is 4. The van der Waals surface area contributed by atoms with Gasteiger partial charge in [0.15, 0.2) is 0 Å². The van der Waals surface area contributed by atoms with E-state index in [2.05, 4.69) is 6.92 Å². The summed E-state index contributed by atoms with van der Waals surface area (Å²) >= 11 is 0. The molecule has 0 spiro atoms. The number of amides is 1. The van der Waals surface area contributed by atoms with Gasteiger partial charge in [-0.05, 0) is 38.0 Å². The molecule has 1 aliphatic rings. The summed E-state index contributed by atoms with van der Waals surface area (Å²) in [5.74, 6) is -0.690. The molecule has 1 aliphatic heterocycles. The van der Waals surface area contributed by atoms with Gasteiger partial charge in [-0.2, -0.15) is 0 Å². The second-order valence-electron chi connectivity index (χ2n) is 7.80. The second-order valence-corrected chi connectivity index (χ2v) is 7.80. The number of ether oxygens (including phenoxy) is 1. The number of aliphatic hydroxyl groups excluding tert-OH is 1. The molecule has 0 saturated carbocycles. The average Bonchev–Trinajstić information content (AvgIpc) is 2.99. The van der Waals surface area contributed by atoms with Crippen LogP contribution in [0.4, 0.5) is 0 Å². The molecule has 1 saturated heterocycles. The Hall–Kier alpha value is -3.08. The Balaban J connectivity index is 2.10. The lowest BCUT2D eigenvalue weighted by Gasteiger charge is -2.26. The molecule has 0 aromatic heterocycles. The van der Waals surface area contributed by atoms with Crippen LogP contribution in [-0.4, -0.2) is 34.3 Å². The van der Waals surface area contributed by atoms with Crippen LogP contribution in [-0.2, 0) is 9.59 Å². The predicted octanol–water partition coefficient (Wildman–Crippen LogP) is 5.09. The van der Waals surface area contributed by atoms with Crippen molar-refractivity contribution in [1.82, 2.24) is 4.90 Å². The summed E-state index contributed by atoms with van der Waals surface area (Å²) in [6, 6.07) is 15.7. The van der Waals surface area contributed by atoms with Crippen LogP contribution in [0.3, 0.4) is 0 Å². The molecule has 1 atom stereocenters. The number of rotatable bonds is 8. The molecule has 1 unspecified atom stereocenters. The van der Waals surface area contributed by atoms with Gasteiger partial charge in [-0.1, -0.05) is 62.2 Å². The van der Waals surface area contributed by atoms with E-state index < -0.39 is 17.7 Å². The fourth-order valence-corrected chi connectivity index (χ4v) is 3.77. The van der Waals surface area contributed by atoms with Crippen LogP contribution in [0.15, 0.2) is 60.2 Å². The Morgan fingerprint density at radius 2 is 1.80 bits per heavy atom. The highest BCUT2D eigenvalue weighted by molar-refractivity contribution is 6.46. The number of nitrogens with zero attached hydrogens (tertiary/aromatic N) is 1. The van der Waals surface area contributed by atoms with Crippen molar-refractivity contribution in [2.75, 3.05) is 6.54 Å². The SMILES string of the molecule is CCCCCN1C(=O)C(=O)/C(=C(\O)c2ccccc2)C1c1cccc(OC(C)C)c1. The number of hydrogen-bond donors (Lipinski definition) is 1. The summed E-state index contributed by atoms with van der Waals surface area (Å²) < 4.78 is 5.82. The Morgan fingerprint density at radius 3 is 2.47 bits per heavy atom. The van der Waals surface area contributed by atoms with Crippen LogP contribution in [0.2, 0.25) is 0 Å². The molecule has 1 N–H and O–H groups in total. The van der Waals surface area contributed by atoms with Gasteiger partial charge in [0.1, 0.15) is 11.5 Å². The zero-order valence-electron chi connectivity index (χ0n) is 17.8. The van der Waals surface area contributed by atoms with E-state index in [1.165, 1.54) is 0 Å². The molecule has 2 aromatic carbocycles. The first kappa shape index (κ1) is 21.6. The highest BCUT2D eigenvalue weighted by Crippen LogP contribution is 2.40. The van der Waals surface area contributed by atoms with Gasteiger partial charge in [-0.15, -0.1) is 0 Å². The summed E-state index contributed by atoms with van der Waals surface area (Å²) in [7, 11) is 0. The minimum Gasteiger partial charge on any atom is -0.507 e. The maximum absolute atomic E-state index is 13.0. The minimum absolute atomic E-state index is 0.000447. The molecule has 2 aromatic rings. The van der Waals surface area contributed by atoms with Crippen molar-refractivity contribution < 1.29 is 19.4 Å².